The summed E-state index contributed by atoms with van der Waals surface area (Å²) < 4.78 is 1.75. The molecule has 0 unspecified atom stereocenters. The van der Waals surface area contributed by atoms with Crippen LogP contribution in [0.15, 0.2) is 76.1 Å². The monoisotopic (exact) mass is 454 g/mol. The lowest BCUT2D eigenvalue weighted by Crippen LogP contribution is -2.11. The molecule has 2 aromatic heterocycles. The minimum Gasteiger partial charge on any atom is -0.258 e. The number of halogens is 1. The zero-order valence-corrected chi connectivity index (χ0v) is 18.1. The molecule has 6 nitrogen and oxygen atoms in total. The number of aryl methyl sites for hydroxylation is 1. The van der Waals surface area contributed by atoms with Crippen LogP contribution in [-0.2, 0) is 0 Å². The summed E-state index contributed by atoms with van der Waals surface area (Å²) in [5.41, 5.74) is 2.41. The van der Waals surface area contributed by atoms with E-state index in [4.69, 9.17) is 16.6 Å². The number of nitro benzene ring substituents is 1. The molecule has 150 valence electrons. The molecule has 30 heavy (non-hydrogen) atoms. The third kappa shape index (κ3) is 4.56. The quantitative estimate of drug-likeness (QED) is 0.203. The summed E-state index contributed by atoms with van der Waals surface area (Å²) in [4.78, 5) is 18.2. The van der Waals surface area contributed by atoms with E-state index < -0.39 is 4.92 Å². The van der Waals surface area contributed by atoms with Crippen molar-refractivity contribution < 1.29 is 4.92 Å². The second-order valence-corrected chi connectivity index (χ2v) is 8.89. The van der Waals surface area contributed by atoms with Crippen LogP contribution in [0.2, 0.25) is 5.02 Å². The van der Waals surface area contributed by atoms with Gasteiger partial charge < -0.3 is 0 Å². The van der Waals surface area contributed by atoms with Crippen molar-refractivity contribution >= 4 is 51.9 Å². The Hall–Kier alpha value is -3.07. The van der Waals surface area contributed by atoms with Gasteiger partial charge in [-0.1, -0.05) is 11.6 Å². The van der Waals surface area contributed by atoms with E-state index >= 15 is 0 Å². The Morgan fingerprint density at radius 3 is 2.43 bits per heavy atom. The molecule has 0 radical (unpaired) electrons. The Labute approximate surface area is 185 Å². The Morgan fingerprint density at radius 1 is 1.07 bits per heavy atom. The normalized spacial score (nSPS) is 12.0. The summed E-state index contributed by atoms with van der Waals surface area (Å²) in [7, 11) is 0. The van der Waals surface area contributed by atoms with Crippen molar-refractivity contribution in [1.82, 2.24) is 4.68 Å². The standard InChI is InChI=1S/C21H15ClN4O2S2/c1-14-2-11-19(30-14)12-23-25-20(15-3-9-18(10-4-15)26(27)28)13-29-21(25)24-17-7-5-16(22)6-8-17/h2-13H,1H3/b23-12+,24-21?. The number of non-ortho nitro benzene ring substituents is 1. The van der Waals surface area contributed by atoms with E-state index in [2.05, 4.69) is 5.10 Å². The molecule has 2 aromatic carbocycles. The molecule has 0 aliphatic carbocycles. The molecule has 0 aliphatic rings. The van der Waals surface area contributed by atoms with Gasteiger partial charge in [0.05, 0.1) is 22.5 Å². The molecule has 2 heterocycles. The zero-order valence-electron chi connectivity index (χ0n) is 15.7. The zero-order chi connectivity index (χ0) is 21.1. The fraction of sp³-hybridized carbons (Fsp3) is 0.0476. The van der Waals surface area contributed by atoms with Crippen molar-refractivity contribution in [3.05, 3.63) is 95.7 Å². The molecule has 4 aromatic rings. The van der Waals surface area contributed by atoms with Crippen molar-refractivity contribution in [2.75, 3.05) is 0 Å². The van der Waals surface area contributed by atoms with Crippen LogP contribution in [0.4, 0.5) is 11.4 Å². The third-order valence-electron chi connectivity index (χ3n) is 4.17. The SMILES string of the molecule is Cc1ccc(/C=N/n2c(-c3ccc([N+](=O)[O-])cc3)csc2=Nc2ccc(Cl)cc2)s1. The number of aromatic nitrogens is 1. The molecule has 0 atom stereocenters. The van der Waals surface area contributed by atoms with Crippen LogP contribution in [0.3, 0.4) is 0 Å². The molecular formula is C21H15ClN4O2S2. The van der Waals surface area contributed by atoms with Crippen molar-refractivity contribution in [3.8, 4) is 11.3 Å². The van der Waals surface area contributed by atoms with Gasteiger partial charge in [0.25, 0.3) is 5.69 Å². The Balaban J connectivity index is 1.81. The van der Waals surface area contributed by atoms with Crippen molar-refractivity contribution in [3.63, 3.8) is 0 Å². The first-order chi connectivity index (χ1) is 14.5. The molecular weight excluding hydrogens is 440 g/mol. The van der Waals surface area contributed by atoms with Gasteiger partial charge in [-0.3, -0.25) is 10.1 Å². The van der Waals surface area contributed by atoms with Gasteiger partial charge in [0.2, 0.25) is 4.80 Å². The number of hydrogen-bond acceptors (Lipinski definition) is 6. The highest BCUT2D eigenvalue weighted by Gasteiger charge is 2.11. The second kappa shape index (κ2) is 8.74. The Morgan fingerprint density at radius 2 is 1.80 bits per heavy atom. The molecule has 0 saturated carbocycles. The van der Waals surface area contributed by atoms with Gasteiger partial charge in [-0.25, -0.2) is 9.67 Å². The molecule has 0 spiro atoms. The minimum absolute atomic E-state index is 0.0455. The van der Waals surface area contributed by atoms with E-state index in [1.165, 1.54) is 28.3 Å². The fourth-order valence-corrected chi connectivity index (χ4v) is 4.43. The lowest BCUT2D eigenvalue weighted by Gasteiger charge is -2.03. The number of thiophene rings is 1. The highest BCUT2D eigenvalue weighted by molar-refractivity contribution is 7.13. The molecule has 9 heteroatoms. The summed E-state index contributed by atoms with van der Waals surface area (Å²) in [6.07, 6.45) is 1.79. The number of rotatable bonds is 5. The lowest BCUT2D eigenvalue weighted by atomic mass is 10.1. The first-order valence-corrected chi connectivity index (χ1v) is 10.9. The molecule has 0 fully saturated rings. The van der Waals surface area contributed by atoms with Gasteiger partial charge >= 0.3 is 0 Å². The summed E-state index contributed by atoms with van der Waals surface area (Å²) >= 11 is 9.06. The summed E-state index contributed by atoms with van der Waals surface area (Å²) in [6, 6.07) is 17.7. The number of benzene rings is 2. The van der Waals surface area contributed by atoms with E-state index in [1.54, 1.807) is 46.5 Å². The van der Waals surface area contributed by atoms with Crippen molar-refractivity contribution in [2.45, 2.75) is 6.92 Å². The van der Waals surface area contributed by atoms with Crippen molar-refractivity contribution in [1.29, 1.82) is 0 Å². The second-order valence-electron chi connectivity index (χ2n) is 6.30. The number of nitrogens with zero attached hydrogens (tertiary/aromatic N) is 4. The predicted octanol–water partition coefficient (Wildman–Crippen LogP) is 6.26. The molecule has 0 amide bonds. The maximum Gasteiger partial charge on any atom is 0.269 e. The molecule has 0 aliphatic heterocycles. The number of thiazole rings is 1. The molecule has 4 rings (SSSR count). The van der Waals surface area contributed by atoms with Crippen LogP contribution in [-0.4, -0.2) is 15.8 Å². The smallest absolute Gasteiger partial charge is 0.258 e. The van der Waals surface area contributed by atoms with E-state index in [0.29, 0.717) is 9.82 Å². The lowest BCUT2D eigenvalue weighted by molar-refractivity contribution is -0.384. The minimum atomic E-state index is -0.413. The first-order valence-electron chi connectivity index (χ1n) is 8.86. The van der Waals surface area contributed by atoms with Crippen LogP contribution in [0.25, 0.3) is 11.3 Å². The van der Waals surface area contributed by atoms with Gasteiger partial charge in [-0.05, 0) is 55.5 Å². The van der Waals surface area contributed by atoms with Crippen LogP contribution in [0, 0.1) is 17.0 Å². The van der Waals surface area contributed by atoms with E-state index in [0.717, 1.165) is 21.8 Å². The highest BCUT2D eigenvalue weighted by atomic mass is 35.5. The van der Waals surface area contributed by atoms with Gasteiger partial charge in [-0.2, -0.15) is 5.10 Å². The van der Waals surface area contributed by atoms with Gasteiger partial charge in [0.1, 0.15) is 0 Å². The van der Waals surface area contributed by atoms with Crippen LogP contribution >= 0.6 is 34.3 Å². The topological polar surface area (TPSA) is 72.8 Å². The fourth-order valence-electron chi connectivity index (χ4n) is 2.70. The van der Waals surface area contributed by atoms with Gasteiger partial charge in [-0.15, -0.1) is 22.7 Å². The van der Waals surface area contributed by atoms with E-state index in [9.17, 15) is 10.1 Å². The summed E-state index contributed by atoms with van der Waals surface area (Å²) in [5, 5.41) is 18.2. The maximum absolute atomic E-state index is 11.0. The maximum atomic E-state index is 11.0. The van der Waals surface area contributed by atoms with Crippen LogP contribution in [0.1, 0.15) is 9.75 Å². The molecule has 0 N–H and O–H groups in total. The van der Waals surface area contributed by atoms with E-state index in [1.807, 2.05) is 36.6 Å². The summed E-state index contributed by atoms with van der Waals surface area (Å²) in [5.74, 6) is 0. The van der Waals surface area contributed by atoms with Gasteiger partial charge in [0, 0.05) is 37.9 Å². The van der Waals surface area contributed by atoms with E-state index in [-0.39, 0.29) is 5.69 Å². The van der Waals surface area contributed by atoms with Crippen LogP contribution < -0.4 is 4.80 Å². The molecule has 0 bridgehead atoms. The number of hydrogen-bond donors (Lipinski definition) is 0. The summed E-state index contributed by atoms with van der Waals surface area (Å²) in [6.45, 7) is 2.04. The predicted molar refractivity (Wildman–Crippen MR) is 123 cm³/mol. The van der Waals surface area contributed by atoms with Crippen LogP contribution in [0.5, 0.6) is 0 Å². The third-order valence-corrected chi connectivity index (χ3v) is 6.18. The van der Waals surface area contributed by atoms with Gasteiger partial charge in [0.15, 0.2) is 0 Å². The Bertz CT molecular complexity index is 1290. The Kier molecular flexibility index (Phi) is 5.89. The number of nitro groups is 1. The van der Waals surface area contributed by atoms with Crippen molar-refractivity contribution in [2.24, 2.45) is 10.1 Å². The largest absolute Gasteiger partial charge is 0.269 e. The molecule has 0 saturated heterocycles. The average molecular weight is 455 g/mol. The average Bonchev–Trinajstić information content (AvgIpc) is 3.34. The highest BCUT2D eigenvalue weighted by Crippen LogP contribution is 2.24. The first kappa shape index (κ1) is 20.2.